The molecular formula is C18H17ClN4O2S. The molecule has 1 amide bonds. The van der Waals surface area contributed by atoms with Crippen LogP contribution >= 0.6 is 23.4 Å². The summed E-state index contributed by atoms with van der Waals surface area (Å²) >= 11 is 7.48. The van der Waals surface area contributed by atoms with Crippen LogP contribution in [0.25, 0.3) is 0 Å². The summed E-state index contributed by atoms with van der Waals surface area (Å²) in [5.74, 6) is 0.378. The van der Waals surface area contributed by atoms with Gasteiger partial charge >= 0.3 is 0 Å². The molecule has 0 aliphatic carbocycles. The number of methoxy groups -OCH3 is 1. The van der Waals surface area contributed by atoms with E-state index in [-0.39, 0.29) is 5.91 Å². The van der Waals surface area contributed by atoms with Gasteiger partial charge in [0.05, 0.1) is 12.1 Å². The Morgan fingerprint density at radius 1 is 1.27 bits per heavy atom. The molecule has 26 heavy (non-hydrogen) atoms. The van der Waals surface area contributed by atoms with Crippen molar-refractivity contribution in [2.75, 3.05) is 12.4 Å². The minimum absolute atomic E-state index is 0.176. The molecule has 0 fully saturated rings. The number of thioether (sulfide) groups is 1. The number of ether oxygens (including phenoxy) is 1. The predicted octanol–water partition coefficient (Wildman–Crippen LogP) is 3.95. The molecule has 0 aliphatic rings. The lowest BCUT2D eigenvalue weighted by Crippen LogP contribution is -2.19. The molecular weight excluding hydrogens is 372 g/mol. The number of benzene rings is 2. The first kappa shape index (κ1) is 18.3. The highest BCUT2D eigenvalue weighted by Gasteiger charge is 2.24. The minimum atomic E-state index is -0.486. The number of rotatable bonds is 6. The van der Waals surface area contributed by atoms with Crippen LogP contribution in [0.15, 0.2) is 60.0 Å². The van der Waals surface area contributed by atoms with Crippen LogP contribution in [0.5, 0.6) is 5.75 Å². The van der Waals surface area contributed by atoms with E-state index < -0.39 is 5.25 Å². The van der Waals surface area contributed by atoms with Crippen LogP contribution in [-0.2, 0) is 11.8 Å². The highest BCUT2D eigenvalue weighted by molar-refractivity contribution is 8.00. The number of carbonyl (C=O) groups excluding carboxylic acids is 1. The lowest BCUT2D eigenvalue weighted by atomic mass is 10.1. The fourth-order valence-electron chi connectivity index (χ4n) is 2.34. The van der Waals surface area contributed by atoms with Crippen molar-refractivity contribution in [2.24, 2.45) is 7.05 Å². The summed E-state index contributed by atoms with van der Waals surface area (Å²) < 4.78 is 6.91. The van der Waals surface area contributed by atoms with E-state index in [4.69, 9.17) is 16.3 Å². The van der Waals surface area contributed by atoms with Crippen molar-refractivity contribution in [1.82, 2.24) is 14.8 Å². The van der Waals surface area contributed by atoms with E-state index in [1.165, 1.54) is 11.8 Å². The summed E-state index contributed by atoms with van der Waals surface area (Å²) in [5.41, 5.74) is 1.47. The van der Waals surface area contributed by atoms with Gasteiger partial charge in [0.25, 0.3) is 0 Å². The maximum absolute atomic E-state index is 13.0. The Hall–Kier alpha value is -2.51. The number of anilines is 1. The normalized spacial score (nSPS) is 11.8. The quantitative estimate of drug-likeness (QED) is 0.647. The molecule has 1 unspecified atom stereocenters. The summed E-state index contributed by atoms with van der Waals surface area (Å²) in [6.45, 7) is 0. The molecule has 3 aromatic rings. The molecule has 8 heteroatoms. The van der Waals surface area contributed by atoms with E-state index in [9.17, 15) is 4.79 Å². The SMILES string of the molecule is COc1ccc(NC(=O)C(Sc2nncn2C)c2ccccc2)cc1Cl. The van der Waals surface area contributed by atoms with E-state index in [1.807, 2.05) is 37.4 Å². The maximum atomic E-state index is 13.0. The van der Waals surface area contributed by atoms with Crippen molar-refractivity contribution >= 4 is 35.0 Å². The third kappa shape index (κ3) is 4.17. The molecule has 0 radical (unpaired) electrons. The monoisotopic (exact) mass is 388 g/mol. The summed E-state index contributed by atoms with van der Waals surface area (Å²) in [4.78, 5) is 13.0. The van der Waals surface area contributed by atoms with Crippen LogP contribution in [0, 0.1) is 0 Å². The zero-order chi connectivity index (χ0) is 18.5. The predicted molar refractivity (Wildman–Crippen MR) is 103 cm³/mol. The number of hydrogen-bond acceptors (Lipinski definition) is 5. The average Bonchev–Trinajstić information content (AvgIpc) is 3.05. The van der Waals surface area contributed by atoms with Gasteiger partial charge in [-0.25, -0.2) is 0 Å². The number of nitrogens with one attached hydrogen (secondary N) is 1. The lowest BCUT2D eigenvalue weighted by Gasteiger charge is -2.17. The van der Waals surface area contributed by atoms with E-state index in [0.717, 1.165) is 5.56 Å². The van der Waals surface area contributed by atoms with Crippen molar-refractivity contribution in [2.45, 2.75) is 10.4 Å². The van der Waals surface area contributed by atoms with Crippen LogP contribution in [0.2, 0.25) is 5.02 Å². The van der Waals surface area contributed by atoms with Crippen molar-refractivity contribution in [3.05, 3.63) is 65.4 Å². The van der Waals surface area contributed by atoms with Gasteiger partial charge in [0.15, 0.2) is 5.16 Å². The lowest BCUT2D eigenvalue weighted by molar-refractivity contribution is -0.115. The van der Waals surface area contributed by atoms with Gasteiger partial charge in [-0.3, -0.25) is 4.79 Å². The fraction of sp³-hybridized carbons (Fsp3) is 0.167. The molecule has 0 aliphatic heterocycles. The molecule has 2 aromatic carbocycles. The number of aryl methyl sites for hydroxylation is 1. The molecule has 1 aromatic heterocycles. The second kappa shape index (κ2) is 8.25. The molecule has 0 bridgehead atoms. The zero-order valence-corrected chi connectivity index (χ0v) is 15.8. The van der Waals surface area contributed by atoms with Crippen molar-refractivity contribution in [3.63, 3.8) is 0 Å². The number of hydrogen-bond donors (Lipinski definition) is 1. The second-order valence-electron chi connectivity index (χ2n) is 5.47. The molecule has 1 N–H and O–H groups in total. The second-order valence-corrected chi connectivity index (χ2v) is 6.95. The van der Waals surface area contributed by atoms with Gasteiger partial charge in [-0.05, 0) is 23.8 Å². The minimum Gasteiger partial charge on any atom is -0.495 e. The van der Waals surface area contributed by atoms with Gasteiger partial charge in [0, 0.05) is 12.7 Å². The smallest absolute Gasteiger partial charge is 0.242 e. The number of amides is 1. The Morgan fingerprint density at radius 3 is 2.65 bits per heavy atom. The van der Waals surface area contributed by atoms with E-state index in [1.54, 1.807) is 36.2 Å². The van der Waals surface area contributed by atoms with E-state index in [2.05, 4.69) is 15.5 Å². The summed E-state index contributed by atoms with van der Waals surface area (Å²) in [5, 5.41) is 11.4. The van der Waals surface area contributed by atoms with Gasteiger partial charge in [-0.1, -0.05) is 53.7 Å². The van der Waals surface area contributed by atoms with Crippen LogP contribution in [0.4, 0.5) is 5.69 Å². The Kier molecular flexibility index (Phi) is 5.80. The standard InChI is InChI=1S/C18H17ClN4O2S/c1-23-11-20-22-18(23)26-16(12-6-4-3-5-7-12)17(24)21-13-8-9-15(25-2)14(19)10-13/h3-11,16H,1-2H3,(H,21,24). The third-order valence-electron chi connectivity index (χ3n) is 3.65. The highest BCUT2D eigenvalue weighted by Crippen LogP contribution is 2.35. The Morgan fingerprint density at radius 2 is 2.04 bits per heavy atom. The number of aromatic nitrogens is 3. The van der Waals surface area contributed by atoms with Crippen molar-refractivity contribution in [1.29, 1.82) is 0 Å². The van der Waals surface area contributed by atoms with Gasteiger partial charge < -0.3 is 14.6 Å². The van der Waals surface area contributed by atoms with Crippen molar-refractivity contribution < 1.29 is 9.53 Å². The molecule has 134 valence electrons. The number of halogens is 1. The average molecular weight is 389 g/mol. The Bertz CT molecular complexity index is 901. The fourth-order valence-corrected chi connectivity index (χ4v) is 3.57. The molecule has 0 saturated carbocycles. The Labute approximate surface area is 160 Å². The summed E-state index contributed by atoms with van der Waals surface area (Å²) in [7, 11) is 3.38. The van der Waals surface area contributed by atoms with Crippen LogP contribution in [-0.4, -0.2) is 27.8 Å². The topological polar surface area (TPSA) is 69.0 Å². The van der Waals surface area contributed by atoms with Gasteiger partial charge in [-0.15, -0.1) is 10.2 Å². The highest BCUT2D eigenvalue weighted by atomic mass is 35.5. The molecule has 1 heterocycles. The van der Waals surface area contributed by atoms with Crippen LogP contribution in [0.3, 0.4) is 0 Å². The van der Waals surface area contributed by atoms with E-state index in [0.29, 0.717) is 21.6 Å². The third-order valence-corrected chi connectivity index (χ3v) is 5.25. The van der Waals surface area contributed by atoms with Gasteiger partial charge in [0.2, 0.25) is 5.91 Å². The van der Waals surface area contributed by atoms with E-state index >= 15 is 0 Å². The molecule has 6 nitrogen and oxygen atoms in total. The largest absolute Gasteiger partial charge is 0.495 e. The molecule has 1 atom stereocenters. The van der Waals surface area contributed by atoms with Crippen LogP contribution < -0.4 is 10.1 Å². The van der Waals surface area contributed by atoms with Gasteiger partial charge in [0.1, 0.15) is 17.3 Å². The molecule has 3 rings (SSSR count). The van der Waals surface area contributed by atoms with Crippen LogP contribution in [0.1, 0.15) is 10.8 Å². The first-order valence-corrected chi connectivity index (χ1v) is 9.04. The zero-order valence-electron chi connectivity index (χ0n) is 14.2. The Balaban J connectivity index is 1.85. The summed E-state index contributed by atoms with van der Waals surface area (Å²) in [6.07, 6.45) is 1.60. The molecule has 0 saturated heterocycles. The number of carbonyl (C=O) groups is 1. The van der Waals surface area contributed by atoms with Crippen molar-refractivity contribution in [3.8, 4) is 5.75 Å². The van der Waals surface area contributed by atoms with Gasteiger partial charge in [-0.2, -0.15) is 0 Å². The molecule has 0 spiro atoms. The first-order valence-electron chi connectivity index (χ1n) is 7.78. The maximum Gasteiger partial charge on any atom is 0.242 e. The first-order chi connectivity index (χ1) is 12.6. The number of nitrogens with zero attached hydrogens (tertiary/aromatic N) is 3. The summed E-state index contributed by atoms with van der Waals surface area (Å²) in [6, 6.07) is 14.7.